The van der Waals surface area contributed by atoms with Crippen LogP contribution in [-0.4, -0.2) is 10.7 Å². The van der Waals surface area contributed by atoms with E-state index in [1.165, 1.54) is 0 Å². The Morgan fingerprint density at radius 3 is 3.20 bits per heavy atom. The van der Waals surface area contributed by atoms with Gasteiger partial charge in [0.2, 0.25) is 0 Å². The highest BCUT2D eigenvalue weighted by molar-refractivity contribution is 7.37. The summed E-state index contributed by atoms with van der Waals surface area (Å²) in [6.07, 6.45) is 12.5. The minimum Gasteiger partial charge on any atom is -0.369 e. The Bertz CT molecular complexity index is 208. The van der Waals surface area contributed by atoms with Gasteiger partial charge in [0.25, 0.3) is 0 Å². The summed E-state index contributed by atoms with van der Waals surface area (Å²) in [5.41, 5.74) is 0. The second kappa shape index (κ2) is 2.47. The van der Waals surface area contributed by atoms with E-state index >= 15 is 0 Å². The molecule has 2 atom stereocenters. The highest BCUT2D eigenvalue weighted by Gasteiger charge is 2.13. The van der Waals surface area contributed by atoms with Crippen molar-refractivity contribution >= 4 is 8.73 Å². The molecule has 1 N–H and O–H groups in total. The lowest BCUT2D eigenvalue weighted by Gasteiger charge is -2.29. The van der Waals surface area contributed by atoms with Crippen molar-refractivity contribution in [1.29, 1.82) is 0 Å². The summed E-state index contributed by atoms with van der Waals surface area (Å²) in [4.78, 5) is 2.20. The summed E-state index contributed by atoms with van der Waals surface area (Å²) in [6, 6.07) is 0. The van der Waals surface area contributed by atoms with Gasteiger partial charge < -0.3 is 9.99 Å². The molecule has 2 aliphatic heterocycles. The summed E-state index contributed by atoms with van der Waals surface area (Å²) in [6.45, 7) is 0. The predicted molar refractivity (Wildman–Crippen MR) is 44.5 cm³/mol. The monoisotopic (exact) mass is 152 g/mol. The van der Waals surface area contributed by atoms with Crippen LogP contribution in [0.5, 0.6) is 0 Å². The van der Waals surface area contributed by atoms with Gasteiger partial charge in [-0.2, -0.15) is 0 Å². The fourth-order valence-electron chi connectivity index (χ4n) is 1.03. The van der Waals surface area contributed by atoms with Crippen molar-refractivity contribution in [2.45, 2.75) is 5.78 Å². The van der Waals surface area contributed by atoms with E-state index in [1.54, 1.807) is 0 Å². The molecule has 2 unspecified atom stereocenters. The molecule has 0 aromatic carbocycles. The third-order valence-corrected chi connectivity index (χ3v) is 2.66. The van der Waals surface area contributed by atoms with Crippen molar-refractivity contribution in [2.75, 3.05) is 0 Å². The van der Waals surface area contributed by atoms with E-state index in [-0.39, 0.29) is 0 Å². The minimum absolute atomic E-state index is 0.551. The number of hydrogen-bond acceptors (Lipinski definition) is 2. The van der Waals surface area contributed by atoms with E-state index in [1.807, 2.05) is 6.20 Å². The minimum atomic E-state index is 0.551. The largest absolute Gasteiger partial charge is 0.369 e. The van der Waals surface area contributed by atoms with E-state index < -0.39 is 0 Å². The molecular weight excluding hydrogens is 143 g/mol. The summed E-state index contributed by atoms with van der Waals surface area (Å²) in [7, 11) is 0.782. The lowest BCUT2D eigenvalue weighted by molar-refractivity contribution is 0.511. The third kappa shape index (κ3) is 0.952. The Labute approximate surface area is 62.1 Å². The van der Waals surface area contributed by atoms with Crippen molar-refractivity contribution < 1.29 is 0 Å². The van der Waals surface area contributed by atoms with E-state index in [4.69, 9.17) is 0 Å². The Morgan fingerprint density at radius 1 is 1.30 bits per heavy atom. The molecule has 0 spiro atoms. The van der Waals surface area contributed by atoms with Crippen molar-refractivity contribution in [2.24, 2.45) is 0 Å². The molecule has 52 valence electrons. The van der Waals surface area contributed by atoms with Gasteiger partial charge in [-0.05, 0) is 6.08 Å². The first-order chi connectivity index (χ1) is 4.97. The zero-order valence-electron chi connectivity index (χ0n) is 5.49. The first kappa shape index (κ1) is 5.99. The van der Waals surface area contributed by atoms with Gasteiger partial charge in [-0.25, -0.2) is 0 Å². The van der Waals surface area contributed by atoms with E-state index in [9.17, 15) is 0 Å². The zero-order valence-corrected chi connectivity index (χ0v) is 6.49. The van der Waals surface area contributed by atoms with E-state index in [2.05, 4.69) is 40.6 Å². The summed E-state index contributed by atoms with van der Waals surface area (Å²) in [5, 5.41) is 3.20. The third-order valence-electron chi connectivity index (χ3n) is 1.55. The Balaban J connectivity index is 2.21. The van der Waals surface area contributed by atoms with Gasteiger partial charge >= 0.3 is 0 Å². The van der Waals surface area contributed by atoms with Crippen LogP contribution < -0.4 is 5.09 Å². The molecule has 0 aliphatic carbocycles. The number of nitrogens with zero attached hydrogens (tertiary/aromatic N) is 1. The van der Waals surface area contributed by atoms with Crippen LogP contribution in [0.25, 0.3) is 0 Å². The van der Waals surface area contributed by atoms with Crippen molar-refractivity contribution in [3.8, 4) is 0 Å². The molecule has 2 nitrogen and oxygen atoms in total. The highest BCUT2D eigenvalue weighted by Crippen LogP contribution is 2.26. The molecule has 2 rings (SSSR count). The second-order valence-corrected chi connectivity index (χ2v) is 3.39. The fourth-order valence-corrected chi connectivity index (χ4v) is 1.90. The average Bonchev–Trinajstić information content (AvgIpc) is 2.05. The number of rotatable bonds is 0. The van der Waals surface area contributed by atoms with Crippen LogP contribution in [0.2, 0.25) is 0 Å². The summed E-state index contributed by atoms with van der Waals surface area (Å²) >= 11 is 0. The highest BCUT2D eigenvalue weighted by atomic mass is 31.1. The van der Waals surface area contributed by atoms with Crippen LogP contribution in [0.4, 0.5) is 0 Å². The van der Waals surface area contributed by atoms with Crippen LogP contribution in [0.1, 0.15) is 0 Å². The summed E-state index contributed by atoms with van der Waals surface area (Å²) in [5.74, 6) is 0.551. The van der Waals surface area contributed by atoms with Gasteiger partial charge in [0.1, 0.15) is 0 Å². The van der Waals surface area contributed by atoms with Gasteiger partial charge in [0.15, 0.2) is 0 Å². The van der Waals surface area contributed by atoms with Crippen LogP contribution in [0.3, 0.4) is 0 Å². The standard InChI is InChI=1S/C7H9N2P/c1-2-5-9-6-4-8-10-7(9)3-1/h1-8,10H. The maximum absolute atomic E-state index is 3.20. The molecule has 2 heterocycles. The van der Waals surface area contributed by atoms with Gasteiger partial charge in [-0.3, -0.25) is 0 Å². The molecule has 0 amide bonds. The van der Waals surface area contributed by atoms with Crippen LogP contribution >= 0.6 is 8.73 Å². The van der Waals surface area contributed by atoms with Gasteiger partial charge in [-0.1, -0.05) is 12.2 Å². The predicted octanol–water partition coefficient (Wildman–Crippen LogP) is 1.37. The zero-order chi connectivity index (χ0) is 6.81. The van der Waals surface area contributed by atoms with Crippen LogP contribution in [-0.2, 0) is 0 Å². The maximum Gasteiger partial charge on any atom is 0.0867 e. The van der Waals surface area contributed by atoms with Crippen molar-refractivity contribution in [3.05, 3.63) is 36.8 Å². The number of nitrogens with one attached hydrogen (secondary N) is 1. The van der Waals surface area contributed by atoms with Gasteiger partial charge in [0.05, 0.1) is 5.78 Å². The van der Waals surface area contributed by atoms with Crippen LogP contribution in [0, 0.1) is 0 Å². The first-order valence-electron chi connectivity index (χ1n) is 3.27. The first-order valence-corrected chi connectivity index (χ1v) is 4.35. The Hall–Kier alpha value is -0.750. The molecule has 0 saturated carbocycles. The quantitative estimate of drug-likeness (QED) is 0.527. The molecule has 3 heteroatoms. The van der Waals surface area contributed by atoms with Gasteiger partial charge in [0, 0.05) is 27.3 Å². The number of allylic oxidation sites excluding steroid dienone is 2. The van der Waals surface area contributed by atoms with E-state index in [0.717, 1.165) is 8.73 Å². The fraction of sp³-hybridized carbons (Fsp3) is 0.143. The SMILES string of the molecule is C1=CC2PNC=CN2C=C1. The Morgan fingerprint density at radius 2 is 2.30 bits per heavy atom. The topological polar surface area (TPSA) is 15.3 Å². The lowest BCUT2D eigenvalue weighted by Crippen LogP contribution is -2.26. The molecule has 0 radical (unpaired) electrons. The molecule has 0 saturated heterocycles. The molecule has 0 aromatic rings. The maximum atomic E-state index is 3.20. The normalized spacial score (nSPS) is 30.4. The van der Waals surface area contributed by atoms with Crippen molar-refractivity contribution in [3.63, 3.8) is 0 Å². The smallest absolute Gasteiger partial charge is 0.0867 e. The molecule has 0 aromatic heterocycles. The number of fused-ring (bicyclic) bond motifs is 1. The lowest BCUT2D eigenvalue weighted by atomic mass is 10.3. The molecular formula is C7H9N2P. The molecule has 2 aliphatic rings. The molecule has 0 bridgehead atoms. The van der Waals surface area contributed by atoms with Gasteiger partial charge in [-0.15, -0.1) is 0 Å². The van der Waals surface area contributed by atoms with E-state index in [0.29, 0.717) is 5.78 Å². The van der Waals surface area contributed by atoms with Crippen LogP contribution in [0.15, 0.2) is 36.8 Å². The molecule has 0 fully saturated rings. The number of hydrogen-bond donors (Lipinski definition) is 1. The second-order valence-electron chi connectivity index (χ2n) is 2.22. The van der Waals surface area contributed by atoms with Crippen molar-refractivity contribution in [1.82, 2.24) is 9.99 Å². The Kier molecular flexibility index (Phi) is 1.48. The summed E-state index contributed by atoms with van der Waals surface area (Å²) < 4.78 is 0. The average molecular weight is 152 g/mol. The molecule has 10 heavy (non-hydrogen) atoms.